The lowest BCUT2D eigenvalue weighted by molar-refractivity contribution is -0.130. The summed E-state index contributed by atoms with van der Waals surface area (Å²) in [5.74, 6) is 0.976. The van der Waals surface area contributed by atoms with Crippen LogP contribution in [-0.4, -0.2) is 28.9 Å². The topological polar surface area (TPSA) is 33.2 Å². The standard InChI is InChI=1S/C16H20N2OS2/c1-2-7-18(10-12-5-6-12)15(19)9-13-11-21-16(17-13)14-4-3-8-20-14/h3-4,8,11-12H,2,5-7,9-10H2,1H3. The van der Waals surface area contributed by atoms with Crippen molar-refractivity contribution in [2.45, 2.75) is 32.6 Å². The lowest BCUT2D eigenvalue weighted by atomic mass is 10.2. The van der Waals surface area contributed by atoms with Gasteiger partial charge in [0.1, 0.15) is 5.01 Å². The highest BCUT2D eigenvalue weighted by molar-refractivity contribution is 7.20. The first-order valence-electron chi connectivity index (χ1n) is 7.52. The van der Waals surface area contributed by atoms with Crippen molar-refractivity contribution >= 4 is 28.6 Å². The summed E-state index contributed by atoms with van der Waals surface area (Å²) in [6.07, 6.45) is 4.03. The van der Waals surface area contributed by atoms with Crippen molar-refractivity contribution < 1.29 is 4.79 Å². The van der Waals surface area contributed by atoms with Crippen molar-refractivity contribution in [3.05, 3.63) is 28.6 Å². The third-order valence-corrected chi connectivity index (χ3v) is 5.57. The molecule has 0 spiro atoms. The molecule has 3 nitrogen and oxygen atoms in total. The molecule has 0 saturated heterocycles. The highest BCUT2D eigenvalue weighted by Crippen LogP contribution is 2.30. The molecular formula is C16H20N2OS2. The smallest absolute Gasteiger partial charge is 0.228 e. The number of carbonyl (C=O) groups is 1. The zero-order valence-electron chi connectivity index (χ0n) is 12.2. The van der Waals surface area contributed by atoms with Gasteiger partial charge < -0.3 is 4.90 Å². The maximum absolute atomic E-state index is 12.5. The molecule has 0 atom stereocenters. The molecule has 0 N–H and O–H groups in total. The number of rotatable bonds is 7. The Morgan fingerprint density at radius 2 is 2.29 bits per heavy atom. The summed E-state index contributed by atoms with van der Waals surface area (Å²) in [6.45, 7) is 3.94. The molecule has 3 rings (SSSR count). The van der Waals surface area contributed by atoms with Gasteiger partial charge in [-0.2, -0.15) is 0 Å². The van der Waals surface area contributed by atoms with E-state index in [0.29, 0.717) is 6.42 Å². The molecular weight excluding hydrogens is 300 g/mol. The third-order valence-electron chi connectivity index (χ3n) is 3.64. The summed E-state index contributed by atoms with van der Waals surface area (Å²) in [7, 11) is 0. The van der Waals surface area contributed by atoms with Gasteiger partial charge in [0, 0.05) is 18.5 Å². The van der Waals surface area contributed by atoms with Crippen LogP contribution in [0, 0.1) is 5.92 Å². The van der Waals surface area contributed by atoms with Crippen molar-refractivity contribution in [1.82, 2.24) is 9.88 Å². The molecule has 2 heterocycles. The Labute approximate surface area is 133 Å². The van der Waals surface area contributed by atoms with E-state index in [1.54, 1.807) is 22.7 Å². The predicted molar refractivity (Wildman–Crippen MR) is 88.7 cm³/mol. The Hall–Kier alpha value is -1.20. The minimum Gasteiger partial charge on any atom is -0.342 e. The van der Waals surface area contributed by atoms with Gasteiger partial charge in [-0.25, -0.2) is 4.98 Å². The van der Waals surface area contributed by atoms with Crippen LogP contribution >= 0.6 is 22.7 Å². The average Bonchev–Trinajstić information content (AvgIpc) is 2.94. The molecule has 5 heteroatoms. The van der Waals surface area contributed by atoms with Crippen LogP contribution in [0.15, 0.2) is 22.9 Å². The van der Waals surface area contributed by atoms with E-state index in [1.165, 1.54) is 17.7 Å². The van der Waals surface area contributed by atoms with Gasteiger partial charge in [-0.15, -0.1) is 22.7 Å². The summed E-state index contributed by atoms with van der Waals surface area (Å²) < 4.78 is 0. The van der Waals surface area contributed by atoms with Gasteiger partial charge >= 0.3 is 0 Å². The van der Waals surface area contributed by atoms with E-state index in [2.05, 4.69) is 23.4 Å². The number of hydrogen-bond donors (Lipinski definition) is 0. The van der Waals surface area contributed by atoms with E-state index in [-0.39, 0.29) is 5.91 Å². The summed E-state index contributed by atoms with van der Waals surface area (Å²) in [4.78, 5) is 20.3. The number of nitrogens with zero attached hydrogens (tertiary/aromatic N) is 2. The highest BCUT2D eigenvalue weighted by Gasteiger charge is 2.26. The molecule has 1 aliphatic carbocycles. The molecule has 1 saturated carbocycles. The van der Waals surface area contributed by atoms with E-state index in [0.717, 1.165) is 36.1 Å². The zero-order chi connectivity index (χ0) is 14.7. The van der Waals surface area contributed by atoms with E-state index in [9.17, 15) is 4.79 Å². The van der Waals surface area contributed by atoms with E-state index in [1.807, 2.05) is 16.3 Å². The maximum Gasteiger partial charge on any atom is 0.228 e. The summed E-state index contributed by atoms with van der Waals surface area (Å²) in [5, 5.41) is 5.10. The average molecular weight is 320 g/mol. The van der Waals surface area contributed by atoms with Crippen molar-refractivity contribution in [3.8, 4) is 9.88 Å². The van der Waals surface area contributed by atoms with Gasteiger partial charge in [-0.3, -0.25) is 4.79 Å². The Balaban J connectivity index is 1.63. The molecule has 1 fully saturated rings. The van der Waals surface area contributed by atoms with Crippen LogP contribution in [0.4, 0.5) is 0 Å². The molecule has 1 aliphatic rings. The van der Waals surface area contributed by atoms with Crippen molar-refractivity contribution in [2.75, 3.05) is 13.1 Å². The van der Waals surface area contributed by atoms with Crippen molar-refractivity contribution in [2.24, 2.45) is 5.92 Å². The number of aromatic nitrogens is 1. The van der Waals surface area contributed by atoms with E-state index in [4.69, 9.17) is 0 Å². The first-order valence-corrected chi connectivity index (χ1v) is 9.28. The second-order valence-corrected chi connectivity index (χ2v) is 7.39. The monoisotopic (exact) mass is 320 g/mol. The largest absolute Gasteiger partial charge is 0.342 e. The van der Waals surface area contributed by atoms with Crippen LogP contribution in [0.2, 0.25) is 0 Å². The van der Waals surface area contributed by atoms with E-state index < -0.39 is 0 Å². The number of carbonyl (C=O) groups excluding carboxylic acids is 1. The number of amides is 1. The van der Waals surface area contributed by atoms with Crippen LogP contribution in [-0.2, 0) is 11.2 Å². The Morgan fingerprint density at radius 1 is 1.43 bits per heavy atom. The van der Waals surface area contributed by atoms with Gasteiger partial charge in [-0.1, -0.05) is 13.0 Å². The fourth-order valence-electron chi connectivity index (χ4n) is 2.37. The summed E-state index contributed by atoms with van der Waals surface area (Å²) >= 11 is 3.32. The first-order chi connectivity index (χ1) is 10.3. The predicted octanol–water partition coefficient (Wildman–Crippen LogP) is 4.06. The quantitative estimate of drug-likeness (QED) is 0.770. The fraction of sp³-hybridized carbons (Fsp3) is 0.500. The summed E-state index contributed by atoms with van der Waals surface area (Å²) in [6, 6.07) is 4.11. The first kappa shape index (κ1) is 14.7. The highest BCUT2D eigenvalue weighted by atomic mass is 32.1. The third kappa shape index (κ3) is 3.92. The molecule has 0 aromatic carbocycles. The number of thiophene rings is 1. The molecule has 2 aromatic heterocycles. The number of thiazole rings is 1. The Morgan fingerprint density at radius 3 is 2.95 bits per heavy atom. The van der Waals surface area contributed by atoms with Crippen molar-refractivity contribution in [3.63, 3.8) is 0 Å². The molecule has 2 aromatic rings. The SMILES string of the molecule is CCCN(CC1CC1)C(=O)Cc1csc(-c2cccs2)n1. The second-order valence-electron chi connectivity index (χ2n) is 5.58. The van der Waals surface area contributed by atoms with Crippen LogP contribution in [0.3, 0.4) is 0 Å². The summed E-state index contributed by atoms with van der Waals surface area (Å²) in [5.41, 5.74) is 0.908. The lowest BCUT2D eigenvalue weighted by Crippen LogP contribution is -2.34. The normalized spacial score (nSPS) is 14.3. The van der Waals surface area contributed by atoms with Crippen LogP contribution in [0.5, 0.6) is 0 Å². The molecule has 0 radical (unpaired) electrons. The minimum absolute atomic E-state index is 0.228. The second kappa shape index (κ2) is 6.71. The molecule has 1 amide bonds. The Kier molecular flexibility index (Phi) is 4.70. The molecule has 21 heavy (non-hydrogen) atoms. The molecule has 0 aliphatic heterocycles. The molecule has 0 bridgehead atoms. The van der Waals surface area contributed by atoms with Gasteiger partial charge in [0.15, 0.2) is 0 Å². The molecule has 0 unspecified atom stereocenters. The van der Waals surface area contributed by atoms with Gasteiger partial charge in [0.05, 0.1) is 17.0 Å². The van der Waals surface area contributed by atoms with Crippen molar-refractivity contribution in [1.29, 1.82) is 0 Å². The van der Waals surface area contributed by atoms with Gasteiger partial charge in [0.25, 0.3) is 0 Å². The van der Waals surface area contributed by atoms with Crippen LogP contribution < -0.4 is 0 Å². The lowest BCUT2D eigenvalue weighted by Gasteiger charge is -2.21. The van der Waals surface area contributed by atoms with Gasteiger partial charge in [-0.05, 0) is 36.6 Å². The fourth-order valence-corrected chi connectivity index (χ4v) is 4.00. The van der Waals surface area contributed by atoms with Gasteiger partial charge in [0.2, 0.25) is 5.91 Å². The van der Waals surface area contributed by atoms with Crippen LogP contribution in [0.25, 0.3) is 9.88 Å². The molecule has 112 valence electrons. The minimum atomic E-state index is 0.228. The maximum atomic E-state index is 12.5. The number of hydrogen-bond acceptors (Lipinski definition) is 4. The van der Waals surface area contributed by atoms with E-state index >= 15 is 0 Å². The Bertz CT molecular complexity index is 587. The zero-order valence-corrected chi connectivity index (χ0v) is 13.9. The van der Waals surface area contributed by atoms with Crippen LogP contribution in [0.1, 0.15) is 31.9 Å².